The number of rotatable bonds is 16. The van der Waals surface area contributed by atoms with Crippen LogP contribution < -0.4 is 10.6 Å². The zero-order chi connectivity index (χ0) is 22.9. The maximum absolute atomic E-state index is 12.4. The average molecular weight is 437 g/mol. The van der Waals surface area contributed by atoms with Gasteiger partial charge < -0.3 is 10.6 Å². The summed E-state index contributed by atoms with van der Waals surface area (Å²) in [7, 11) is 0. The Morgan fingerprint density at radius 3 is 2.00 bits per heavy atom. The quantitative estimate of drug-likeness (QED) is 0.272. The van der Waals surface area contributed by atoms with Crippen molar-refractivity contribution < 1.29 is 9.59 Å². The van der Waals surface area contributed by atoms with Crippen molar-refractivity contribution >= 4 is 17.5 Å². The minimum atomic E-state index is -0.143. The Kier molecular flexibility index (Phi) is 12.9. The van der Waals surface area contributed by atoms with E-state index in [1.807, 2.05) is 36.4 Å². The molecule has 32 heavy (non-hydrogen) atoms. The first-order chi connectivity index (χ1) is 15.7. The van der Waals surface area contributed by atoms with E-state index >= 15 is 0 Å². The van der Waals surface area contributed by atoms with Gasteiger partial charge in [-0.15, -0.1) is 0 Å². The second-order valence-corrected chi connectivity index (χ2v) is 8.58. The van der Waals surface area contributed by atoms with E-state index in [1.165, 1.54) is 57.8 Å². The molecule has 0 saturated carbocycles. The number of unbranched alkanes of at least 4 members (excludes halogenated alkanes) is 10. The summed E-state index contributed by atoms with van der Waals surface area (Å²) in [4.78, 5) is 24.7. The molecule has 0 aromatic heterocycles. The Balaban J connectivity index is 1.58. The molecule has 4 nitrogen and oxygen atoms in total. The molecule has 4 heteroatoms. The van der Waals surface area contributed by atoms with Crippen molar-refractivity contribution in [2.45, 2.75) is 90.5 Å². The first-order valence-corrected chi connectivity index (χ1v) is 12.4. The van der Waals surface area contributed by atoms with Gasteiger partial charge >= 0.3 is 0 Å². The number of hydrogen-bond donors (Lipinski definition) is 2. The van der Waals surface area contributed by atoms with E-state index in [9.17, 15) is 9.59 Å². The van der Waals surface area contributed by atoms with Crippen molar-refractivity contribution in [1.29, 1.82) is 0 Å². The van der Waals surface area contributed by atoms with Gasteiger partial charge in [-0.25, -0.2) is 0 Å². The molecule has 174 valence electrons. The highest BCUT2D eigenvalue weighted by Gasteiger charge is 2.08. The van der Waals surface area contributed by atoms with Crippen LogP contribution in [0.4, 0.5) is 5.69 Å². The second-order valence-electron chi connectivity index (χ2n) is 8.58. The molecule has 0 atom stereocenters. The lowest BCUT2D eigenvalue weighted by molar-refractivity contribution is -0.116. The summed E-state index contributed by atoms with van der Waals surface area (Å²) in [6.07, 6.45) is 14.5. The number of anilines is 1. The van der Waals surface area contributed by atoms with Crippen LogP contribution in [0.1, 0.15) is 99.9 Å². The molecule has 0 spiro atoms. The van der Waals surface area contributed by atoms with E-state index in [4.69, 9.17) is 0 Å². The van der Waals surface area contributed by atoms with Crippen LogP contribution >= 0.6 is 0 Å². The molecule has 0 heterocycles. The van der Waals surface area contributed by atoms with Gasteiger partial charge in [0.15, 0.2) is 0 Å². The molecule has 2 rings (SSSR count). The van der Waals surface area contributed by atoms with E-state index in [0.717, 1.165) is 18.4 Å². The number of benzene rings is 2. The van der Waals surface area contributed by atoms with Crippen LogP contribution in [-0.2, 0) is 11.3 Å². The van der Waals surface area contributed by atoms with Gasteiger partial charge in [0.25, 0.3) is 5.91 Å². The molecule has 0 radical (unpaired) electrons. The van der Waals surface area contributed by atoms with Crippen LogP contribution in [-0.4, -0.2) is 11.8 Å². The minimum absolute atomic E-state index is 0.0165. The first-order valence-electron chi connectivity index (χ1n) is 12.4. The second kappa shape index (κ2) is 16.1. The van der Waals surface area contributed by atoms with Gasteiger partial charge in [-0.3, -0.25) is 9.59 Å². The third-order valence-electron chi connectivity index (χ3n) is 5.71. The first kappa shape index (κ1) is 25.6. The number of carbonyl (C=O) groups excluding carboxylic acids is 2. The van der Waals surface area contributed by atoms with E-state index in [0.29, 0.717) is 24.2 Å². The van der Waals surface area contributed by atoms with Crippen molar-refractivity contribution in [1.82, 2.24) is 5.32 Å². The summed E-state index contributed by atoms with van der Waals surface area (Å²) < 4.78 is 0. The van der Waals surface area contributed by atoms with Crippen molar-refractivity contribution in [3.63, 3.8) is 0 Å². The third-order valence-corrected chi connectivity index (χ3v) is 5.71. The van der Waals surface area contributed by atoms with Crippen LogP contribution in [0.3, 0.4) is 0 Å². The molecule has 2 amide bonds. The zero-order valence-corrected chi connectivity index (χ0v) is 19.7. The van der Waals surface area contributed by atoms with Crippen molar-refractivity contribution in [2.75, 3.05) is 5.32 Å². The van der Waals surface area contributed by atoms with Gasteiger partial charge in [-0.05, 0) is 30.2 Å². The lowest BCUT2D eigenvalue weighted by Gasteiger charge is -2.09. The Morgan fingerprint density at radius 2 is 1.34 bits per heavy atom. The van der Waals surface area contributed by atoms with E-state index in [1.54, 1.807) is 18.2 Å². The highest BCUT2D eigenvalue weighted by atomic mass is 16.2. The molecular formula is C28H40N2O2. The van der Waals surface area contributed by atoms with Crippen LogP contribution in [0.15, 0.2) is 54.6 Å². The van der Waals surface area contributed by atoms with E-state index in [-0.39, 0.29) is 11.8 Å². The van der Waals surface area contributed by atoms with Gasteiger partial charge in [0.05, 0.1) is 0 Å². The Bertz CT molecular complexity index is 789. The largest absolute Gasteiger partial charge is 0.348 e. The molecular weight excluding hydrogens is 396 g/mol. The molecule has 0 aliphatic heterocycles. The van der Waals surface area contributed by atoms with Gasteiger partial charge in [0.1, 0.15) is 0 Å². The Morgan fingerprint density at radius 1 is 0.719 bits per heavy atom. The summed E-state index contributed by atoms with van der Waals surface area (Å²) in [6, 6.07) is 16.9. The third kappa shape index (κ3) is 11.1. The molecule has 2 aromatic rings. The molecule has 0 aliphatic rings. The van der Waals surface area contributed by atoms with Crippen LogP contribution in [0, 0.1) is 0 Å². The average Bonchev–Trinajstić information content (AvgIpc) is 2.82. The summed E-state index contributed by atoms with van der Waals surface area (Å²) in [5.74, 6) is -0.127. The molecule has 0 bridgehead atoms. The van der Waals surface area contributed by atoms with Crippen LogP contribution in [0.5, 0.6) is 0 Å². The Hall–Kier alpha value is -2.62. The highest BCUT2D eigenvalue weighted by molar-refractivity contribution is 5.97. The highest BCUT2D eigenvalue weighted by Crippen LogP contribution is 2.14. The molecule has 2 N–H and O–H groups in total. The predicted molar refractivity (Wildman–Crippen MR) is 134 cm³/mol. The van der Waals surface area contributed by atoms with Gasteiger partial charge in [-0.1, -0.05) is 108 Å². The summed E-state index contributed by atoms with van der Waals surface area (Å²) in [6.45, 7) is 2.74. The number of amides is 2. The summed E-state index contributed by atoms with van der Waals surface area (Å²) in [5.41, 5.74) is 2.27. The smallest absolute Gasteiger partial charge is 0.251 e. The normalized spacial score (nSPS) is 10.7. The fourth-order valence-corrected chi connectivity index (χ4v) is 3.79. The van der Waals surface area contributed by atoms with Gasteiger partial charge in [0.2, 0.25) is 5.91 Å². The number of hydrogen-bond acceptors (Lipinski definition) is 2. The molecule has 0 saturated heterocycles. The number of nitrogens with one attached hydrogen (secondary N) is 2. The molecule has 0 aliphatic carbocycles. The lowest BCUT2D eigenvalue weighted by atomic mass is 10.1. The van der Waals surface area contributed by atoms with Crippen molar-refractivity contribution in [2.24, 2.45) is 0 Å². The maximum atomic E-state index is 12.4. The summed E-state index contributed by atoms with van der Waals surface area (Å²) in [5, 5.41) is 5.85. The minimum Gasteiger partial charge on any atom is -0.348 e. The monoisotopic (exact) mass is 436 g/mol. The van der Waals surface area contributed by atoms with Gasteiger partial charge in [0, 0.05) is 24.2 Å². The van der Waals surface area contributed by atoms with Crippen LogP contribution in [0.2, 0.25) is 0 Å². The predicted octanol–water partition coefficient (Wildman–Crippen LogP) is 7.26. The fourth-order valence-electron chi connectivity index (χ4n) is 3.79. The molecule has 0 unspecified atom stereocenters. The van der Waals surface area contributed by atoms with Crippen LogP contribution in [0.25, 0.3) is 0 Å². The van der Waals surface area contributed by atoms with E-state index < -0.39 is 0 Å². The van der Waals surface area contributed by atoms with Gasteiger partial charge in [-0.2, -0.15) is 0 Å². The standard InChI is InChI=1S/C28H40N2O2/c1-2-3-4-5-6-7-8-9-10-11-15-21-27(31)30-26-20-16-19-25(22-26)28(32)29-23-24-17-13-12-14-18-24/h12-14,16-20,22H,2-11,15,21,23H2,1H3,(H,29,32)(H,30,31). The van der Waals surface area contributed by atoms with E-state index in [2.05, 4.69) is 17.6 Å². The zero-order valence-electron chi connectivity index (χ0n) is 19.7. The topological polar surface area (TPSA) is 58.2 Å². The van der Waals surface area contributed by atoms with Crippen molar-refractivity contribution in [3.05, 3.63) is 65.7 Å². The summed E-state index contributed by atoms with van der Waals surface area (Å²) >= 11 is 0. The molecule has 0 fully saturated rings. The van der Waals surface area contributed by atoms with Crippen molar-refractivity contribution in [3.8, 4) is 0 Å². The Labute approximate surface area is 194 Å². The SMILES string of the molecule is CCCCCCCCCCCCCC(=O)Nc1cccc(C(=O)NCc2ccccc2)c1. The lowest BCUT2D eigenvalue weighted by Crippen LogP contribution is -2.23. The number of carbonyl (C=O) groups is 2. The molecule has 2 aromatic carbocycles. The maximum Gasteiger partial charge on any atom is 0.251 e. The fraction of sp³-hybridized carbons (Fsp3) is 0.500.